The van der Waals surface area contributed by atoms with E-state index < -0.39 is 47.2 Å². The molecule has 2 rings (SSSR count). The van der Waals surface area contributed by atoms with Gasteiger partial charge in [-0.25, -0.2) is 38.7 Å². The van der Waals surface area contributed by atoms with E-state index in [0.29, 0.717) is 12.2 Å². The average Bonchev–Trinajstić information content (AvgIpc) is 2.60. The van der Waals surface area contributed by atoms with Gasteiger partial charge in [0.25, 0.3) is 0 Å². The number of fused-ring (bicyclic) bond motifs is 1. The first-order valence-electron chi connectivity index (χ1n) is 6.84. The number of benzene rings is 1. The van der Waals surface area contributed by atoms with Gasteiger partial charge < -0.3 is 10.2 Å². The average molecular weight is 352 g/mol. The molecule has 10 heteroatoms. The first-order valence-corrected chi connectivity index (χ1v) is 6.84. The van der Waals surface area contributed by atoms with Crippen molar-refractivity contribution >= 4 is 23.9 Å². The predicted octanol–water partition coefficient (Wildman–Crippen LogP) is -0.0994. The Bertz CT molecular complexity index is 749. The predicted molar refractivity (Wildman–Crippen MR) is 75.2 cm³/mol. The van der Waals surface area contributed by atoms with Crippen molar-refractivity contribution in [3.8, 4) is 0 Å². The minimum absolute atomic E-state index is 0.190. The molecule has 2 N–H and O–H groups in total. The molecular formula is C15H12O10. The highest BCUT2D eigenvalue weighted by Gasteiger charge is 2.30. The third kappa shape index (κ3) is 4.19. The number of aliphatic hydroxyl groups is 2. The summed E-state index contributed by atoms with van der Waals surface area (Å²) in [5.41, 5.74) is -1.17. The fourth-order valence-corrected chi connectivity index (χ4v) is 1.91. The van der Waals surface area contributed by atoms with Gasteiger partial charge in [0.05, 0.1) is 17.2 Å². The Labute approximate surface area is 140 Å². The van der Waals surface area contributed by atoms with Crippen LogP contribution in [0, 0.1) is 0 Å². The fourth-order valence-electron chi connectivity index (χ4n) is 1.91. The van der Waals surface area contributed by atoms with Crippen LogP contribution in [0.3, 0.4) is 0 Å². The lowest BCUT2D eigenvalue weighted by Gasteiger charge is -2.18. The van der Waals surface area contributed by atoms with E-state index >= 15 is 0 Å². The summed E-state index contributed by atoms with van der Waals surface area (Å²) in [5.74, 6) is -4.97. The molecule has 0 aliphatic carbocycles. The summed E-state index contributed by atoms with van der Waals surface area (Å²) in [5, 5.41) is 19.6. The van der Waals surface area contributed by atoms with Crippen molar-refractivity contribution in [2.24, 2.45) is 0 Å². The number of carbonyl (C=O) groups excluding carboxylic acids is 4. The van der Waals surface area contributed by atoms with E-state index in [9.17, 15) is 29.4 Å². The minimum Gasteiger partial charge on any atom is -0.390 e. The first kappa shape index (κ1) is 18.1. The van der Waals surface area contributed by atoms with Gasteiger partial charge in [0, 0.05) is 12.2 Å². The van der Waals surface area contributed by atoms with Crippen LogP contribution in [0.5, 0.6) is 0 Å². The zero-order valence-electron chi connectivity index (χ0n) is 12.7. The molecule has 1 aromatic carbocycles. The van der Waals surface area contributed by atoms with Crippen molar-refractivity contribution in [3.63, 3.8) is 0 Å². The van der Waals surface area contributed by atoms with Crippen LogP contribution < -0.4 is 0 Å². The summed E-state index contributed by atoms with van der Waals surface area (Å²) < 4.78 is 0. The normalized spacial score (nSPS) is 19.0. The maximum Gasteiger partial charge on any atom is 0.387 e. The van der Waals surface area contributed by atoms with Crippen molar-refractivity contribution in [3.05, 3.63) is 47.0 Å². The van der Waals surface area contributed by atoms with Gasteiger partial charge in [-0.15, -0.1) is 0 Å². The maximum absolute atomic E-state index is 12.2. The van der Waals surface area contributed by atoms with Crippen molar-refractivity contribution in [2.45, 2.75) is 19.1 Å². The van der Waals surface area contributed by atoms with Gasteiger partial charge in [-0.05, 0) is 18.6 Å². The third-order valence-electron chi connectivity index (χ3n) is 3.05. The van der Waals surface area contributed by atoms with E-state index in [1.165, 1.54) is 19.1 Å². The summed E-state index contributed by atoms with van der Waals surface area (Å²) >= 11 is 0. The van der Waals surface area contributed by atoms with Gasteiger partial charge >= 0.3 is 23.9 Å². The van der Waals surface area contributed by atoms with Gasteiger partial charge in [0.2, 0.25) is 0 Å². The van der Waals surface area contributed by atoms with E-state index in [-0.39, 0.29) is 5.56 Å². The molecule has 132 valence electrons. The maximum atomic E-state index is 12.2. The second-order valence-corrected chi connectivity index (χ2v) is 4.83. The molecule has 1 aliphatic heterocycles. The molecule has 0 amide bonds. The van der Waals surface area contributed by atoms with Crippen LogP contribution in [0.4, 0.5) is 0 Å². The molecule has 0 aromatic heterocycles. The second-order valence-electron chi connectivity index (χ2n) is 4.83. The van der Waals surface area contributed by atoms with Crippen LogP contribution in [-0.4, -0.2) is 40.2 Å². The zero-order valence-corrected chi connectivity index (χ0v) is 12.7. The topological polar surface area (TPSA) is 146 Å². The van der Waals surface area contributed by atoms with Crippen molar-refractivity contribution in [1.82, 2.24) is 0 Å². The lowest BCUT2D eigenvalue weighted by molar-refractivity contribution is -0.231. The number of hydrogen-bond acceptors (Lipinski definition) is 10. The molecule has 2 unspecified atom stereocenters. The van der Waals surface area contributed by atoms with Crippen molar-refractivity contribution in [2.75, 3.05) is 0 Å². The second kappa shape index (κ2) is 7.55. The molecule has 0 saturated heterocycles. The largest absolute Gasteiger partial charge is 0.390 e. The minimum atomic E-state index is -1.57. The van der Waals surface area contributed by atoms with Crippen LogP contribution in [0.2, 0.25) is 0 Å². The highest BCUT2D eigenvalue weighted by atomic mass is 17.2. The molecule has 0 fully saturated rings. The molecule has 2 atom stereocenters. The van der Waals surface area contributed by atoms with Gasteiger partial charge in [-0.2, -0.15) is 0 Å². The Kier molecular flexibility index (Phi) is 5.47. The molecule has 0 radical (unpaired) electrons. The third-order valence-corrected chi connectivity index (χ3v) is 3.05. The highest BCUT2D eigenvalue weighted by molar-refractivity contribution is 6.04. The quantitative estimate of drug-likeness (QED) is 0.692. The standard InChI is InChI=1S/C15H12O10/c1-7(16)13(19)8-3-2-4-9-12(8)15(21)25-23-11(18)6-5-10(17)22-24-14(9)20/h2-7,13,16,19H,1H3/b6-5+. The Hall–Kier alpha value is -3.24. The Morgan fingerprint density at radius 1 is 0.840 bits per heavy atom. The first-order chi connectivity index (χ1) is 11.8. The van der Waals surface area contributed by atoms with Crippen molar-refractivity contribution in [1.29, 1.82) is 0 Å². The van der Waals surface area contributed by atoms with Crippen LogP contribution >= 0.6 is 0 Å². The van der Waals surface area contributed by atoms with Crippen LogP contribution in [0.25, 0.3) is 0 Å². The fraction of sp³-hybridized carbons (Fsp3) is 0.200. The summed E-state index contributed by atoms with van der Waals surface area (Å²) in [6.45, 7) is 1.25. The van der Waals surface area contributed by atoms with Gasteiger partial charge in [-0.1, -0.05) is 12.1 Å². The van der Waals surface area contributed by atoms with Gasteiger partial charge in [-0.3, -0.25) is 0 Å². The molecule has 10 nitrogen and oxygen atoms in total. The smallest absolute Gasteiger partial charge is 0.387 e. The molecule has 25 heavy (non-hydrogen) atoms. The van der Waals surface area contributed by atoms with E-state index in [2.05, 4.69) is 19.6 Å². The summed E-state index contributed by atoms with van der Waals surface area (Å²) in [6.07, 6.45) is -1.72. The van der Waals surface area contributed by atoms with Crippen molar-refractivity contribution < 1.29 is 48.9 Å². The Morgan fingerprint density at radius 3 is 1.96 bits per heavy atom. The summed E-state index contributed by atoms with van der Waals surface area (Å²) in [7, 11) is 0. The van der Waals surface area contributed by atoms with E-state index in [1.807, 2.05) is 0 Å². The Morgan fingerprint density at radius 2 is 1.40 bits per heavy atom. The highest BCUT2D eigenvalue weighted by Crippen LogP contribution is 2.26. The molecule has 1 aromatic rings. The van der Waals surface area contributed by atoms with E-state index in [0.717, 1.165) is 6.07 Å². The SMILES string of the molecule is CC(O)C(O)c1cccc2c1C(=O)OOC(=O)/C=C/C(=O)OOC2=O. The summed E-state index contributed by atoms with van der Waals surface area (Å²) in [6, 6.07) is 3.65. The molecular weight excluding hydrogens is 340 g/mol. The van der Waals surface area contributed by atoms with Crippen LogP contribution in [0.1, 0.15) is 39.3 Å². The lowest BCUT2D eigenvalue weighted by Crippen LogP contribution is -2.23. The number of aliphatic hydroxyl groups excluding tert-OH is 2. The molecule has 0 saturated carbocycles. The lowest BCUT2D eigenvalue weighted by atomic mass is 9.95. The van der Waals surface area contributed by atoms with E-state index in [1.54, 1.807) is 0 Å². The monoisotopic (exact) mass is 352 g/mol. The molecule has 0 spiro atoms. The van der Waals surface area contributed by atoms with Gasteiger partial charge in [0.15, 0.2) is 0 Å². The zero-order chi connectivity index (χ0) is 18.6. The molecule has 0 bridgehead atoms. The van der Waals surface area contributed by atoms with Crippen LogP contribution in [0.15, 0.2) is 30.4 Å². The number of carbonyl (C=O) groups is 4. The van der Waals surface area contributed by atoms with Gasteiger partial charge in [0.1, 0.15) is 6.10 Å². The van der Waals surface area contributed by atoms with E-state index in [4.69, 9.17) is 0 Å². The molecule has 1 heterocycles. The number of rotatable bonds is 2. The summed E-state index contributed by atoms with van der Waals surface area (Å²) in [4.78, 5) is 63.7. The molecule has 1 aliphatic rings. The van der Waals surface area contributed by atoms with Crippen LogP contribution in [-0.2, 0) is 29.1 Å². The Balaban J connectivity index is 2.53. The number of hydrogen-bond donors (Lipinski definition) is 2.